The van der Waals surface area contributed by atoms with Gasteiger partial charge in [-0.1, -0.05) is 12.1 Å². The number of hydrogen-bond donors (Lipinski definition) is 1. The van der Waals surface area contributed by atoms with Crippen molar-refractivity contribution in [3.8, 4) is 11.1 Å². The van der Waals surface area contributed by atoms with Gasteiger partial charge < -0.3 is 5.73 Å². The molecular weight excluding hydrogens is 251 g/mol. The van der Waals surface area contributed by atoms with Gasteiger partial charge in [-0.3, -0.25) is 14.9 Å². The molecule has 0 heterocycles. The lowest BCUT2D eigenvalue weighted by Crippen LogP contribution is -2.12. The maximum Gasteiger partial charge on any atom is 0.270 e. The fourth-order valence-corrected chi connectivity index (χ4v) is 1.76. The summed E-state index contributed by atoms with van der Waals surface area (Å²) in [5.74, 6) is -1.27. The van der Waals surface area contributed by atoms with Crippen LogP contribution in [0.25, 0.3) is 11.1 Å². The van der Waals surface area contributed by atoms with Crippen molar-refractivity contribution in [2.75, 3.05) is 0 Å². The van der Waals surface area contributed by atoms with Crippen LogP contribution in [0.4, 0.5) is 10.1 Å². The molecule has 0 saturated heterocycles. The lowest BCUT2D eigenvalue weighted by molar-refractivity contribution is -0.384. The smallest absolute Gasteiger partial charge is 0.270 e. The highest BCUT2D eigenvalue weighted by Crippen LogP contribution is 2.27. The van der Waals surface area contributed by atoms with Gasteiger partial charge in [0, 0.05) is 12.1 Å². The highest BCUT2D eigenvalue weighted by molar-refractivity contribution is 6.00. The lowest BCUT2D eigenvalue weighted by Gasteiger charge is -2.07. The summed E-state index contributed by atoms with van der Waals surface area (Å²) in [5.41, 5.74) is 5.74. The number of primary amides is 1. The molecule has 0 fully saturated rings. The van der Waals surface area contributed by atoms with Gasteiger partial charge in [0.15, 0.2) is 0 Å². The maximum atomic E-state index is 13.2. The van der Waals surface area contributed by atoms with Gasteiger partial charge in [-0.15, -0.1) is 0 Å². The molecule has 19 heavy (non-hydrogen) atoms. The van der Waals surface area contributed by atoms with Crippen LogP contribution in [0.1, 0.15) is 10.4 Å². The Bertz CT molecular complexity index is 671. The summed E-state index contributed by atoms with van der Waals surface area (Å²) >= 11 is 0. The van der Waals surface area contributed by atoms with Crippen LogP contribution in [0.3, 0.4) is 0 Å². The van der Waals surface area contributed by atoms with E-state index in [1.807, 2.05) is 0 Å². The number of halogens is 1. The standard InChI is InChI=1S/C13H9FN2O3/c14-9-3-1-2-8(6-9)11-5-4-10(16(18)19)7-12(11)13(15)17/h1-7H,(H2,15,17). The zero-order chi connectivity index (χ0) is 14.0. The Hall–Kier alpha value is -2.76. The van der Waals surface area contributed by atoms with Crippen molar-refractivity contribution in [2.45, 2.75) is 0 Å². The Kier molecular flexibility index (Phi) is 3.24. The van der Waals surface area contributed by atoms with Crippen molar-refractivity contribution in [1.29, 1.82) is 0 Å². The quantitative estimate of drug-likeness (QED) is 0.679. The number of benzene rings is 2. The second-order valence-electron chi connectivity index (χ2n) is 3.86. The monoisotopic (exact) mass is 260 g/mol. The van der Waals surface area contributed by atoms with Gasteiger partial charge in [0.05, 0.1) is 10.5 Å². The fourth-order valence-electron chi connectivity index (χ4n) is 1.76. The van der Waals surface area contributed by atoms with Crippen molar-refractivity contribution in [3.63, 3.8) is 0 Å². The Morgan fingerprint density at radius 1 is 1.21 bits per heavy atom. The third kappa shape index (κ3) is 2.57. The zero-order valence-electron chi connectivity index (χ0n) is 9.67. The van der Waals surface area contributed by atoms with E-state index in [1.54, 1.807) is 6.07 Å². The minimum Gasteiger partial charge on any atom is -0.366 e. The first-order valence-corrected chi connectivity index (χ1v) is 5.33. The van der Waals surface area contributed by atoms with E-state index in [2.05, 4.69) is 0 Å². The third-order valence-electron chi connectivity index (χ3n) is 2.62. The molecule has 5 nitrogen and oxygen atoms in total. The molecule has 0 saturated carbocycles. The first-order valence-electron chi connectivity index (χ1n) is 5.33. The van der Waals surface area contributed by atoms with Crippen LogP contribution >= 0.6 is 0 Å². The Morgan fingerprint density at radius 3 is 2.53 bits per heavy atom. The molecule has 0 radical (unpaired) electrons. The van der Waals surface area contributed by atoms with Gasteiger partial charge in [-0.2, -0.15) is 0 Å². The van der Waals surface area contributed by atoms with Crippen LogP contribution in [-0.4, -0.2) is 10.8 Å². The molecule has 2 N–H and O–H groups in total. The van der Waals surface area contributed by atoms with Crippen molar-refractivity contribution in [3.05, 3.63) is 64.0 Å². The number of nitrogens with zero attached hydrogens (tertiary/aromatic N) is 1. The van der Waals surface area contributed by atoms with Gasteiger partial charge in [0.25, 0.3) is 5.69 Å². The number of nitro groups is 1. The molecule has 0 spiro atoms. The summed E-state index contributed by atoms with van der Waals surface area (Å²) in [5, 5.41) is 10.7. The van der Waals surface area contributed by atoms with Crippen LogP contribution in [0, 0.1) is 15.9 Å². The molecule has 2 aromatic rings. The zero-order valence-corrected chi connectivity index (χ0v) is 9.67. The lowest BCUT2D eigenvalue weighted by atomic mass is 9.98. The van der Waals surface area contributed by atoms with Crippen LogP contribution < -0.4 is 5.73 Å². The van der Waals surface area contributed by atoms with Crippen LogP contribution in [-0.2, 0) is 0 Å². The topological polar surface area (TPSA) is 86.2 Å². The highest BCUT2D eigenvalue weighted by atomic mass is 19.1. The molecule has 0 bridgehead atoms. The molecule has 2 rings (SSSR count). The van der Waals surface area contributed by atoms with E-state index < -0.39 is 16.6 Å². The molecular formula is C13H9FN2O3. The first kappa shape index (κ1) is 12.7. The number of amides is 1. The largest absolute Gasteiger partial charge is 0.366 e. The molecule has 96 valence electrons. The number of non-ortho nitro benzene ring substituents is 1. The molecule has 0 aliphatic carbocycles. The third-order valence-corrected chi connectivity index (χ3v) is 2.62. The molecule has 2 aromatic carbocycles. The van der Waals surface area contributed by atoms with Crippen molar-refractivity contribution >= 4 is 11.6 Å². The minimum absolute atomic E-state index is 0.0141. The van der Waals surface area contributed by atoms with E-state index in [-0.39, 0.29) is 11.3 Å². The van der Waals surface area contributed by atoms with Crippen LogP contribution in [0.15, 0.2) is 42.5 Å². The van der Waals surface area contributed by atoms with Crippen LogP contribution in [0.2, 0.25) is 0 Å². The SMILES string of the molecule is NC(=O)c1cc([N+](=O)[O-])ccc1-c1cccc(F)c1. The van der Waals surface area contributed by atoms with Crippen molar-refractivity contribution in [2.24, 2.45) is 5.73 Å². The summed E-state index contributed by atoms with van der Waals surface area (Å²) in [6.45, 7) is 0. The van der Waals surface area contributed by atoms with E-state index >= 15 is 0 Å². The number of nitro benzene ring substituents is 1. The summed E-state index contributed by atoms with van der Waals surface area (Å²) in [6, 6.07) is 9.28. The number of nitrogens with two attached hydrogens (primary N) is 1. The van der Waals surface area contributed by atoms with Gasteiger partial charge in [-0.05, 0) is 29.3 Å². The maximum absolute atomic E-state index is 13.2. The first-order chi connectivity index (χ1) is 8.99. The molecule has 0 aliphatic rings. The summed E-state index contributed by atoms with van der Waals surface area (Å²) in [7, 11) is 0. The summed E-state index contributed by atoms with van der Waals surface area (Å²) in [4.78, 5) is 21.4. The summed E-state index contributed by atoms with van der Waals surface area (Å²) < 4.78 is 13.2. The van der Waals surface area contributed by atoms with Crippen molar-refractivity contribution in [1.82, 2.24) is 0 Å². The average Bonchev–Trinajstić information content (AvgIpc) is 2.37. The van der Waals surface area contributed by atoms with E-state index in [1.165, 1.54) is 30.3 Å². The van der Waals surface area contributed by atoms with Crippen molar-refractivity contribution < 1.29 is 14.1 Å². The molecule has 0 unspecified atom stereocenters. The number of carbonyl (C=O) groups excluding carboxylic acids is 1. The molecule has 6 heteroatoms. The summed E-state index contributed by atoms with van der Waals surface area (Å²) in [6.07, 6.45) is 0. The normalized spacial score (nSPS) is 10.2. The van der Waals surface area contributed by atoms with Gasteiger partial charge in [-0.25, -0.2) is 4.39 Å². The second-order valence-corrected chi connectivity index (χ2v) is 3.86. The predicted octanol–water partition coefficient (Wildman–Crippen LogP) is 2.50. The predicted molar refractivity (Wildman–Crippen MR) is 67.0 cm³/mol. The number of rotatable bonds is 3. The molecule has 0 aliphatic heterocycles. The highest BCUT2D eigenvalue weighted by Gasteiger charge is 2.15. The molecule has 1 amide bonds. The van der Waals surface area contributed by atoms with Gasteiger partial charge in [0.1, 0.15) is 5.82 Å². The van der Waals surface area contributed by atoms with E-state index in [0.29, 0.717) is 11.1 Å². The van der Waals surface area contributed by atoms with Gasteiger partial charge >= 0.3 is 0 Å². The molecule has 0 aromatic heterocycles. The Labute approximate surface area is 107 Å². The van der Waals surface area contributed by atoms with E-state index in [9.17, 15) is 19.3 Å². The second kappa shape index (κ2) is 4.85. The van der Waals surface area contributed by atoms with Crippen LogP contribution in [0.5, 0.6) is 0 Å². The Balaban J connectivity index is 2.63. The van der Waals surface area contributed by atoms with E-state index in [0.717, 1.165) is 6.07 Å². The minimum atomic E-state index is -0.803. The van der Waals surface area contributed by atoms with E-state index in [4.69, 9.17) is 5.73 Å². The molecule has 0 atom stereocenters. The van der Waals surface area contributed by atoms with Gasteiger partial charge in [0.2, 0.25) is 5.91 Å². The Morgan fingerprint density at radius 2 is 1.95 bits per heavy atom. The number of carbonyl (C=O) groups is 1. The average molecular weight is 260 g/mol. The fraction of sp³-hybridized carbons (Fsp3) is 0. The number of hydrogen-bond acceptors (Lipinski definition) is 3.